The molecule has 0 atom stereocenters. The molecule has 0 heterocycles. The molecule has 0 fully saturated rings. The fourth-order valence-corrected chi connectivity index (χ4v) is 2.23. The Morgan fingerprint density at radius 3 is 2.26 bits per heavy atom. The van der Waals surface area contributed by atoms with E-state index in [1.165, 1.54) is 16.7 Å². The SMILES string of the molecule is Cc1cc(C)c(OCc2ccc(C)c(C)c2)c(N)c1. The summed E-state index contributed by atoms with van der Waals surface area (Å²) in [7, 11) is 0. The molecule has 0 aromatic heterocycles. The topological polar surface area (TPSA) is 35.2 Å². The van der Waals surface area contributed by atoms with Crippen LogP contribution >= 0.6 is 0 Å². The second-order valence-corrected chi connectivity index (χ2v) is 5.21. The molecule has 2 rings (SSSR count). The first-order valence-electron chi connectivity index (χ1n) is 6.53. The van der Waals surface area contributed by atoms with Crippen molar-refractivity contribution in [2.24, 2.45) is 0 Å². The maximum atomic E-state index is 6.02. The Bertz CT molecular complexity index is 579. The number of benzene rings is 2. The van der Waals surface area contributed by atoms with E-state index in [4.69, 9.17) is 10.5 Å². The minimum Gasteiger partial charge on any atom is -0.486 e. The van der Waals surface area contributed by atoms with Crippen molar-refractivity contribution >= 4 is 5.69 Å². The summed E-state index contributed by atoms with van der Waals surface area (Å²) < 4.78 is 5.88. The van der Waals surface area contributed by atoms with Gasteiger partial charge in [-0.1, -0.05) is 24.3 Å². The first-order chi connectivity index (χ1) is 8.97. The van der Waals surface area contributed by atoms with Crippen LogP contribution in [-0.2, 0) is 6.61 Å². The van der Waals surface area contributed by atoms with Gasteiger partial charge in [0, 0.05) is 0 Å². The second-order valence-electron chi connectivity index (χ2n) is 5.21. The van der Waals surface area contributed by atoms with Crippen molar-refractivity contribution in [3.8, 4) is 5.75 Å². The summed E-state index contributed by atoms with van der Waals surface area (Å²) in [6, 6.07) is 10.4. The zero-order chi connectivity index (χ0) is 14.0. The highest BCUT2D eigenvalue weighted by atomic mass is 16.5. The molecule has 2 aromatic rings. The van der Waals surface area contributed by atoms with Crippen LogP contribution in [0.3, 0.4) is 0 Å². The lowest BCUT2D eigenvalue weighted by Gasteiger charge is -2.13. The van der Waals surface area contributed by atoms with Gasteiger partial charge in [0.15, 0.2) is 0 Å². The van der Waals surface area contributed by atoms with E-state index in [0.29, 0.717) is 12.3 Å². The van der Waals surface area contributed by atoms with E-state index >= 15 is 0 Å². The summed E-state index contributed by atoms with van der Waals surface area (Å²) >= 11 is 0. The number of hydrogen-bond acceptors (Lipinski definition) is 2. The van der Waals surface area contributed by atoms with E-state index in [-0.39, 0.29) is 0 Å². The van der Waals surface area contributed by atoms with Crippen molar-refractivity contribution in [1.29, 1.82) is 0 Å². The van der Waals surface area contributed by atoms with Gasteiger partial charge in [0.25, 0.3) is 0 Å². The minimum atomic E-state index is 0.551. The highest BCUT2D eigenvalue weighted by Crippen LogP contribution is 2.28. The summed E-state index contributed by atoms with van der Waals surface area (Å²) in [6.07, 6.45) is 0. The zero-order valence-corrected chi connectivity index (χ0v) is 12.1. The predicted octanol–water partition coefficient (Wildman–Crippen LogP) is 4.08. The summed E-state index contributed by atoms with van der Waals surface area (Å²) in [5.41, 5.74) is 12.7. The molecule has 0 aliphatic rings. The summed E-state index contributed by atoms with van der Waals surface area (Å²) in [4.78, 5) is 0. The van der Waals surface area contributed by atoms with Crippen molar-refractivity contribution in [3.05, 3.63) is 58.1 Å². The molecule has 2 nitrogen and oxygen atoms in total. The summed E-state index contributed by atoms with van der Waals surface area (Å²) in [5.74, 6) is 0.795. The van der Waals surface area contributed by atoms with Gasteiger partial charge in [-0.05, 0) is 61.6 Å². The molecule has 0 unspecified atom stereocenters. The third-order valence-electron chi connectivity index (χ3n) is 3.40. The number of rotatable bonds is 3. The monoisotopic (exact) mass is 255 g/mol. The van der Waals surface area contributed by atoms with Crippen LogP contribution in [0.5, 0.6) is 5.75 Å². The lowest BCUT2D eigenvalue weighted by atomic mass is 10.1. The van der Waals surface area contributed by atoms with Crippen LogP contribution in [0.2, 0.25) is 0 Å². The van der Waals surface area contributed by atoms with Gasteiger partial charge in [-0.25, -0.2) is 0 Å². The van der Waals surface area contributed by atoms with E-state index in [2.05, 4.69) is 38.1 Å². The third-order valence-corrected chi connectivity index (χ3v) is 3.40. The molecule has 0 spiro atoms. The van der Waals surface area contributed by atoms with E-state index < -0.39 is 0 Å². The Morgan fingerprint density at radius 1 is 0.895 bits per heavy atom. The van der Waals surface area contributed by atoms with Crippen molar-refractivity contribution in [3.63, 3.8) is 0 Å². The Balaban J connectivity index is 2.16. The molecule has 2 aromatic carbocycles. The van der Waals surface area contributed by atoms with Crippen molar-refractivity contribution in [2.75, 3.05) is 5.73 Å². The predicted molar refractivity (Wildman–Crippen MR) is 80.6 cm³/mol. The normalized spacial score (nSPS) is 10.5. The molecule has 2 N–H and O–H groups in total. The molecule has 2 heteroatoms. The molecule has 0 aliphatic carbocycles. The van der Waals surface area contributed by atoms with Gasteiger partial charge in [0.2, 0.25) is 0 Å². The number of nitrogens with two attached hydrogens (primary N) is 1. The zero-order valence-electron chi connectivity index (χ0n) is 12.1. The molecule has 0 amide bonds. The van der Waals surface area contributed by atoms with Crippen molar-refractivity contribution in [1.82, 2.24) is 0 Å². The molecule has 0 saturated carbocycles. The lowest BCUT2D eigenvalue weighted by molar-refractivity contribution is 0.305. The van der Waals surface area contributed by atoms with E-state index in [9.17, 15) is 0 Å². The van der Waals surface area contributed by atoms with Crippen LogP contribution in [0.1, 0.15) is 27.8 Å². The maximum absolute atomic E-state index is 6.02. The number of ether oxygens (including phenoxy) is 1. The fraction of sp³-hybridized carbons (Fsp3) is 0.294. The average Bonchev–Trinajstić information content (AvgIpc) is 2.32. The van der Waals surface area contributed by atoms with Crippen LogP contribution < -0.4 is 10.5 Å². The largest absolute Gasteiger partial charge is 0.486 e. The number of anilines is 1. The van der Waals surface area contributed by atoms with Gasteiger partial charge in [-0.3, -0.25) is 0 Å². The van der Waals surface area contributed by atoms with Crippen LogP contribution in [-0.4, -0.2) is 0 Å². The Hall–Kier alpha value is -1.96. The molecule has 0 radical (unpaired) electrons. The molecular formula is C17H21NO. The molecule has 0 aliphatic heterocycles. The number of aryl methyl sites for hydroxylation is 4. The van der Waals surface area contributed by atoms with Gasteiger partial charge in [-0.15, -0.1) is 0 Å². The molecule has 0 bridgehead atoms. The van der Waals surface area contributed by atoms with Gasteiger partial charge in [0.05, 0.1) is 5.69 Å². The second kappa shape index (κ2) is 5.35. The molecule has 100 valence electrons. The lowest BCUT2D eigenvalue weighted by Crippen LogP contribution is -2.01. The van der Waals surface area contributed by atoms with E-state index in [1.807, 2.05) is 19.9 Å². The Morgan fingerprint density at radius 2 is 1.63 bits per heavy atom. The van der Waals surface area contributed by atoms with Crippen LogP contribution in [0, 0.1) is 27.7 Å². The quantitative estimate of drug-likeness (QED) is 0.839. The van der Waals surface area contributed by atoms with Crippen molar-refractivity contribution < 1.29 is 4.74 Å². The maximum Gasteiger partial charge on any atom is 0.145 e. The van der Waals surface area contributed by atoms with E-state index in [1.54, 1.807) is 0 Å². The van der Waals surface area contributed by atoms with Crippen LogP contribution in [0.25, 0.3) is 0 Å². The van der Waals surface area contributed by atoms with Crippen LogP contribution in [0.15, 0.2) is 30.3 Å². The Kier molecular flexibility index (Phi) is 3.79. The smallest absolute Gasteiger partial charge is 0.145 e. The standard InChI is InChI=1S/C17H21NO/c1-11-7-14(4)17(16(18)8-11)19-10-15-6-5-12(2)13(3)9-15/h5-9H,10,18H2,1-4H3. The summed E-state index contributed by atoms with van der Waals surface area (Å²) in [5, 5.41) is 0. The third kappa shape index (κ3) is 3.08. The van der Waals surface area contributed by atoms with Crippen LogP contribution in [0.4, 0.5) is 5.69 Å². The fourth-order valence-electron chi connectivity index (χ4n) is 2.23. The van der Waals surface area contributed by atoms with Gasteiger partial charge >= 0.3 is 0 Å². The number of nitrogen functional groups attached to an aromatic ring is 1. The van der Waals surface area contributed by atoms with Gasteiger partial charge < -0.3 is 10.5 Å². The molecular weight excluding hydrogens is 234 g/mol. The minimum absolute atomic E-state index is 0.551. The first kappa shape index (κ1) is 13.5. The molecule has 0 saturated heterocycles. The number of hydrogen-bond donors (Lipinski definition) is 1. The molecule has 19 heavy (non-hydrogen) atoms. The Labute approximate surface area is 115 Å². The van der Waals surface area contributed by atoms with Crippen molar-refractivity contribution in [2.45, 2.75) is 34.3 Å². The average molecular weight is 255 g/mol. The van der Waals surface area contributed by atoms with E-state index in [0.717, 1.165) is 16.9 Å². The first-order valence-corrected chi connectivity index (χ1v) is 6.53. The highest BCUT2D eigenvalue weighted by molar-refractivity contribution is 5.58. The van der Waals surface area contributed by atoms with Gasteiger partial charge in [0.1, 0.15) is 12.4 Å². The summed E-state index contributed by atoms with van der Waals surface area (Å²) in [6.45, 7) is 8.84. The van der Waals surface area contributed by atoms with Gasteiger partial charge in [-0.2, -0.15) is 0 Å². The highest BCUT2D eigenvalue weighted by Gasteiger charge is 2.06.